The van der Waals surface area contributed by atoms with Crippen LogP contribution in [-0.2, 0) is 9.36 Å². The number of nitrogens with one attached hydrogen (secondary N) is 1. The maximum Gasteiger partial charge on any atom is 0.524 e. The van der Waals surface area contributed by atoms with Crippen molar-refractivity contribution in [3.05, 3.63) is 59.4 Å². The number of rotatable bonds is 14. The van der Waals surface area contributed by atoms with Gasteiger partial charge in [0.15, 0.2) is 17.8 Å². The highest BCUT2D eigenvalue weighted by atomic mass is 31.2. The van der Waals surface area contributed by atoms with Crippen molar-refractivity contribution in [2.45, 2.75) is 58.5 Å². The fraction of sp³-hybridized carbons (Fsp3) is 0.385. The molecule has 3 rings (SSSR count). The second kappa shape index (κ2) is 14.5. The maximum atomic E-state index is 14.8. The van der Waals surface area contributed by atoms with Crippen molar-refractivity contribution in [1.82, 2.24) is 25.7 Å². The normalized spacial score (nSPS) is 12.0. The van der Waals surface area contributed by atoms with Gasteiger partial charge in [-0.05, 0) is 63.1 Å². The third kappa shape index (κ3) is 10.1. The molecule has 2 aromatic carbocycles. The Morgan fingerprint density at radius 2 is 1.60 bits per heavy atom. The smallest absolute Gasteiger partial charge is 0.410 e. The van der Waals surface area contributed by atoms with E-state index < -0.39 is 25.9 Å². The number of ketones is 1. The molecule has 214 valence electrons. The predicted molar refractivity (Wildman–Crippen MR) is 142 cm³/mol. The first kappa shape index (κ1) is 30.7. The van der Waals surface area contributed by atoms with Gasteiger partial charge in [0.2, 0.25) is 5.82 Å². The van der Waals surface area contributed by atoms with E-state index in [0.717, 1.165) is 12.8 Å². The molecule has 0 spiro atoms. The fourth-order valence-corrected chi connectivity index (χ4v) is 4.15. The Morgan fingerprint density at radius 1 is 0.950 bits per heavy atom. The quantitative estimate of drug-likeness (QED) is 0.179. The highest BCUT2D eigenvalue weighted by Crippen LogP contribution is 2.42. The third-order valence-corrected chi connectivity index (χ3v) is 6.14. The second-order valence-electron chi connectivity index (χ2n) is 9.08. The van der Waals surface area contributed by atoms with Gasteiger partial charge in [-0.1, -0.05) is 30.9 Å². The Bertz CT molecular complexity index is 1340. The van der Waals surface area contributed by atoms with E-state index in [4.69, 9.17) is 14.5 Å². The molecule has 0 aliphatic heterocycles. The van der Waals surface area contributed by atoms with Crippen LogP contribution in [0.2, 0.25) is 0 Å². The number of nitrogens with zero attached hydrogens (tertiary/aromatic N) is 4. The van der Waals surface area contributed by atoms with E-state index in [0.29, 0.717) is 54.3 Å². The molecule has 1 aromatic heterocycles. The van der Waals surface area contributed by atoms with Crippen molar-refractivity contribution in [2.75, 3.05) is 6.54 Å². The Hall–Kier alpha value is -3.80. The summed E-state index contributed by atoms with van der Waals surface area (Å²) < 4.78 is 35.8. The Labute approximate surface area is 230 Å². The molecule has 1 heterocycles. The van der Waals surface area contributed by atoms with Gasteiger partial charge in [0.25, 0.3) is 0 Å². The summed E-state index contributed by atoms with van der Waals surface area (Å²) in [5.41, 5.74) is 1.12. The summed E-state index contributed by atoms with van der Waals surface area (Å²) >= 11 is 0. The molecule has 0 saturated carbocycles. The summed E-state index contributed by atoms with van der Waals surface area (Å²) in [7, 11) is -4.90. The molecule has 1 unspecified atom stereocenters. The molecular weight excluding hydrogens is 544 g/mol. The van der Waals surface area contributed by atoms with Crippen LogP contribution in [0.4, 0.5) is 9.18 Å². The zero-order valence-electron chi connectivity index (χ0n) is 22.1. The topological polar surface area (TPSA) is 174 Å². The lowest BCUT2D eigenvalue weighted by Crippen LogP contribution is -2.27. The number of unbranched alkanes of at least 4 members (excludes halogenated alkanes) is 4. The van der Waals surface area contributed by atoms with Crippen molar-refractivity contribution < 1.29 is 37.6 Å². The summed E-state index contributed by atoms with van der Waals surface area (Å²) in [5.74, 6) is 0.154. The molecule has 1 atom stereocenters. The minimum atomic E-state index is -4.90. The SMILES string of the molecule is Cc1ccc(OP(=O)(O)O)c(C(F)C(=O)CCCCCCCNC(=O)Oc2ccc(-c3nnc(C)nn3)cc2)c1. The second-order valence-corrected chi connectivity index (χ2v) is 10.2. The van der Waals surface area contributed by atoms with Crippen LogP contribution in [0.1, 0.15) is 61.6 Å². The fourth-order valence-electron chi connectivity index (χ4n) is 3.73. The van der Waals surface area contributed by atoms with Crippen LogP contribution in [0.5, 0.6) is 11.5 Å². The Balaban J connectivity index is 1.30. The van der Waals surface area contributed by atoms with E-state index in [1.807, 2.05) is 0 Å². The first-order chi connectivity index (χ1) is 19.0. The Morgan fingerprint density at radius 3 is 2.27 bits per heavy atom. The summed E-state index contributed by atoms with van der Waals surface area (Å²) in [4.78, 5) is 42.4. The molecule has 0 bridgehead atoms. The predicted octanol–water partition coefficient (Wildman–Crippen LogP) is 4.73. The number of Topliss-reactive ketones (excluding diaryl/α,β-unsaturated/α-hetero) is 1. The Kier molecular flexibility index (Phi) is 11.2. The number of halogens is 1. The number of carbonyl (C=O) groups excluding carboxylic acids is 2. The molecule has 1 amide bonds. The summed E-state index contributed by atoms with van der Waals surface area (Å²) in [6.07, 6.45) is 0.777. The van der Waals surface area contributed by atoms with Gasteiger partial charge >= 0.3 is 13.9 Å². The third-order valence-electron chi connectivity index (χ3n) is 5.71. The van der Waals surface area contributed by atoms with Crippen molar-refractivity contribution in [2.24, 2.45) is 0 Å². The highest BCUT2D eigenvalue weighted by Gasteiger charge is 2.26. The molecule has 0 aliphatic carbocycles. The number of hydrogen-bond donors (Lipinski definition) is 3. The number of alkyl halides is 1. The minimum Gasteiger partial charge on any atom is -0.410 e. The molecule has 0 radical (unpaired) electrons. The van der Waals surface area contributed by atoms with Gasteiger partial charge in [-0.15, -0.1) is 20.4 Å². The number of ether oxygens (including phenoxy) is 1. The number of amides is 1. The van der Waals surface area contributed by atoms with Crippen LogP contribution in [0.25, 0.3) is 11.4 Å². The average molecular weight is 576 g/mol. The average Bonchev–Trinajstić information content (AvgIpc) is 2.91. The largest absolute Gasteiger partial charge is 0.524 e. The first-order valence-electron chi connectivity index (χ1n) is 12.6. The molecular formula is C26H31FN5O7P. The molecule has 40 heavy (non-hydrogen) atoms. The van der Waals surface area contributed by atoms with E-state index >= 15 is 0 Å². The van der Waals surface area contributed by atoms with Crippen molar-refractivity contribution in [3.8, 4) is 22.9 Å². The molecule has 0 saturated heterocycles. The van der Waals surface area contributed by atoms with Crippen LogP contribution < -0.4 is 14.6 Å². The van der Waals surface area contributed by atoms with Crippen molar-refractivity contribution in [3.63, 3.8) is 0 Å². The van der Waals surface area contributed by atoms with Gasteiger partial charge < -0.3 is 14.6 Å². The molecule has 12 nitrogen and oxygen atoms in total. The van der Waals surface area contributed by atoms with Crippen LogP contribution in [0, 0.1) is 13.8 Å². The van der Waals surface area contributed by atoms with Gasteiger partial charge in [0.1, 0.15) is 11.5 Å². The molecule has 0 aliphatic rings. The van der Waals surface area contributed by atoms with Crippen molar-refractivity contribution >= 4 is 19.7 Å². The lowest BCUT2D eigenvalue weighted by molar-refractivity contribution is -0.124. The number of hydrogen-bond acceptors (Lipinski definition) is 9. The van der Waals surface area contributed by atoms with Crippen LogP contribution in [0.3, 0.4) is 0 Å². The van der Waals surface area contributed by atoms with Crippen LogP contribution in [-0.4, -0.2) is 48.6 Å². The maximum absolute atomic E-state index is 14.8. The number of phosphoric ester groups is 1. The molecule has 3 aromatic rings. The molecule has 14 heteroatoms. The van der Waals surface area contributed by atoms with E-state index in [1.54, 1.807) is 38.1 Å². The summed E-state index contributed by atoms with van der Waals surface area (Å²) in [6.45, 7) is 3.77. The molecule has 0 fully saturated rings. The van der Waals surface area contributed by atoms with Gasteiger partial charge in [0, 0.05) is 24.1 Å². The zero-order valence-corrected chi connectivity index (χ0v) is 23.0. The standard InChI is InChI=1S/C26H31FN5O7P/c1-17-9-14-23(39-40(35,36)37)21(16-17)24(27)22(33)8-6-4-3-5-7-15-28-26(34)38-20-12-10-19(11-13-20)25-31-29-18(2)30-32-25/h9-14,16,24H,3-8,15H2,1-2H3,(H,28,34)(H2,35,36,37). The van der Waals surface area contributed by atoms with Gasteiger partial charge in [-0.25, -0.2) is 13.8 Å². The number of phosphoric acid groups is 1. The van der Waals surface area contributed by atoms with Gasteiger partial charge in [-0.3, -0.25) is 14.6 Å². The monoisotopic (exact) mass is 575 g/mol. The zero-order chi connectivity index (χ0) is 29.1. The van der Waals surface area contributed by atoms with E-state index in [2.05, 4.69) is 30.2 Å². The lowest BCUT2D eigenvalue weighted by Gasteiger charge is -2.15. The molecule has 3 N–H and O–H groups in total. The van der Waals surface area contributed by atoms with Gasteiger partial charge in [0.05, 0.1) is 0 Å². The number of aromatic nitrogens is 4. The van der Waals surface area contributed by atoms with E-state index in [9.17, 15) is 18.5 Å². The van der Waals surface area contributed by atoms with Crippen LogP contribution in [0.15, 0.2) is 42.5 Å². The summed E-state index contributed by atoms with van der Waals surface area (Å²) in [5, 5.41) is 18.3. The number of carbonyl (C=O) groups is 2. The first-order valence-corrected chi connectivity index (χ1v) is 14.2. The van der Waals surface area contributed by atoms with Crippen LogP contribution >= 0.6 is 7.82 Å². The van der Waals surface area contributed by atoms with E-state index in [-0.39, 0.29) is 17.7 Å². The minimum absolute atomic E-state index is 0.0170. The highest BCUT2D eigenvalue weighted by molar-refractivity contribution is 7.46. The van der Waals surface area contributed by atoms with E-state index in [1.165, 1.54) is 18.2 Å². The van der Waals surface area contributed by atoms with Crippen molar-refractivity contribution in [1.29, 1.82) is 0 Å². The van der Waals surface area contributed by atoms with Gasteiger partial charge in [-0.2, -0.15) is 0 Å². The summed E-state index contributed by atoms with van der Waals surface area (Å²) in [6, 6.07) is 10.7. The lowest BCUT2D eigenvalue weighted by atomic mass is 9.99. The number of aryl methyl sites for hydroxylation is 2. The number of benzene rings is 2.